The third kappa shape index (κ3) is 3.01. The number of carboxylic acid groups (broad SMARTS) is 1. The van der Waals surface area contributed by atoms with Crippen LogP contribution in [0.3, 0.4) is 0 Å². The maximum absolute atomic E-state index is 12.0. The molecule has 0 fully saturated rings. The van der Waals surface area contributed by atoms with E-state index in [2.05, 4.69) is 14.7 Å². The maximum Gasteiger partial charge on any atom is 0.336 e. The molecule has 2 N–H and O–H groups in total. The van der Waals surface area contributed by atoms with E-state index in [-0.39, 0.29) is 25.8 Å². The monoisotopic (exact) mass is 353 g/mol. The van der Waals surface area contributed by atoms with E-state index in [9.17, 15) is 13.2 Å². The van der Waals surface area contributed by atoms with Gasteiger partial charge < -0.3 is 5.11 Å². The number of hydrogen-bond donors (Lipinski definition) is 2. The fourth-order valence-electron chi connectivity index (χ4n) is 1.17. The first-order valence-electron chi connectivity index (χ1n) is 4.82. The van der Waals surface area contributed by atoms with Crippen LogP contribution in [0.4, 0.5) is 5.82 Å². The second-order valence-electron chi connectivity index (χ2n) is 3.39. The van der Waals surface area contributed by atoms with E-state index in [4.69, 9.17) is 28.3 Å². The second kappa shape index (κ2) is 5.52. The molecule has 0 aliphatic carbocycles. The molecule has 11 heteroatoms. The number of rotatable bonds is 4. The number of nitrogens with zero attached hydrogens (tertiary/aromatic N) is 2. The molecule has 0 aliphatic rings. The molecule has 106 valence electrons. The van der Waals surface area contributed by atoms with E-state index in [0.29, 0.717) is 0 Å². The lowest BCUT2D eigenvalue weighted by atomic mass is 10.4. The molecule has 2 rings (SSSR count). The van der Waals surface area contributed by atoms with Gasteiger partial charge in [-0.1, -0.05) is 23.2 Å². The molecule has 2 aromatic heterocycles. The molecule has 20 heavy (non-hydrogen) atoms. The predicted molar refractivity (Wildman–Crippen MR) is 74.1 cm³/mol. The minimum Gasteiger partial charge on any atom is -0.478 e. The number of nitrogens with one attached hydrogen (secondary N) is 1. The van der Waals surface area contributed by atoms with Crippen LogP contribution in [0.2, 0.25) is 10.2 Å². The zero-order chi connectivity index (χ0) is 14.9. The fourth-order valence-corrected chi connectivity index (χ4v) is 3.68. The van der Waals surface area contributed by atoms with Crippen LogP contribution in [0.25, 0.3) is 0 Å². The van der Waals surface area contributed by atoms with Crippen molar-refractivity contribution >= 4 is 56.3 Å². The molecule has 0 spiro atoms. The van der Waals surface area contributed by atoms with Gasteiger partial charge in [-0.15, -0.1) is 11.3 Å². The first-order valence-corrected chi connectivity index (χ1v) is 7.94. The van der Waals surface area contributed by atoms with Gasteiger partial charge in [-0.3, -0.25) is 4.72 Å². The summed E-state index contributed by atoms with van der Waals surface area (Å²) < 4.78 is 26.0. The van der Waals surface area contributed by atoms with E-state index >= 15 is 0 Å². The van der Waals surface area contributed by atoms with Crippen LogP contribution in [-0.2, 0) is 10.0 Å². The highest BCUT2D eigenvalue weighted by atomic mass is 35.5. The summed E-state index contributed by atoms with van der Waals surface area (Å²) in [5, 5.41) is 9.73. The summed E-state index contributed by atoms with van der Waals surface area (Å²) in [6.45, 7) is 0. The van der Waals surface area contributed by atoms with Crippen molar-refractivity contribution in [3.8, 4) is 0 Å². The van der Waals surface area contributed by atoms with Crippen LogP contribution in [0.15, 0.2) is 22.0 Å². The van der Waals surface area contributed by atoms with Crippen molar-refractivity contribution in [1.29, 1.82) is 0 Å². The number of aromatic nitrogens is 2. The number of halogens is 2. The van der Waals surface area contributed by atoms with Gasteiger partial charge in [0.1, 0.15) is 15.6 Å². The molecular weight excluding hydrogens is 349 g/mol. The van der Waals surface area contributed by atoms with Gasteiger partial charge in [-0.2, -0.15) is 0 Å². The number of hydrogen-bond acceptors (Lipinski definition) is 6. The Bertz CT molecular complexity index is 775. The van der Waals surface area contributed by atoms with E-state index in [0.717, 1.165) is 23.7 Å². The topological polar surface area (TPSA) is 109 Å². The van der Waals surface area contributed by atoms with Crippen LogP contribution in [0.5, 0.6) is 0 Å². The molecule has 0 amide bonds. The van der Waals surface area contributed by atoms with Gasteiger partial charge in [0.25, 0.3) is 10.0 Å². The highest BCUT2D eigenvalue weighted by molar-refractivity contribution is 7.94. The molecule has 0 aliphatic heterocycles. The summed E-state index contributed by atoms with van der Waals surface area (Å²) >= 11 is 12.2. The van der Waals surface area contributed by atoms with Gasteiger partial charge in [-0.25, -0.2) is 23.2 Å². The first-order chi connectivity index (χ1) is 9.31. The van der Waals surface area contributed by atoms with Crippen LogP contribution < -0.4 is 4.72 Å². The third-order valence-electron chi connectivity index (χ3n) is 2.07. The number of thiophene rings is 1. The Balaban J connectivity index is 2.35. The lowest BCUT2D eigenvalue weighted by Crippen LogP contribution is -2.13. The van der Waals surface area contributed by atoms with Crippen molar-refractivity contribution in [3.63, 3.8) is 0 Å². The SMILES string of the molecule is O=C(O)c1csc(S(=O)(=O)Nc2ncnc(Cl)c2Cl)c1. The largest absolute Gasteiger partial charge is 0.478 e. The minimum absolute atomic E-state index is 0.100. The van der Waals surface area contributed by atoms with Crippen molar-refractivity contribution in [2.45, 2.75) is 4.21 Å². The summed E-state index contributed by atoms with van der Waals surface area (Å²) in [4.78, 5) is 18.0. The van der Waals surface area contributed by atoms with E-state index in [1.807, 2.05) is 0 Å². The van der Waals surface area contributed by atoms with E-state index < -0.39 is 16.0 Å². The molecule has 0 unspecified atom stereocenters. The molecule has 2 heterocycles. The lowest BCUT2D eigenvalue weighted by molar-refractivity contribution is 0.0697. The Morgan fingerprint density at radius 3 is 2.65 bits per heavy atom. The molecular formula is C9H5Cl2N3O4S2. The van der Waals surface area contributed by atoms with Crippen molar-refractivity contribution in [1.82, 2.24) is 9.97 Å². The molecule has 0 radical (unpaired) electrons. The molecule has 2 aromatic rings. The Hall–Kier alpha value is -1.42. The van der Waals surface area contributed by atoms with Crippen LogP contribution in [0, 0.1) is 0 Å². The zero-order valence-electron chi connectivity index (χ0n) is 9.37. The molecule has 0 aromatic carbocycles. The van der Waals surface area contributed by atoms with Gasteiger partial charge in [0.15, 0.2) is 11.0 Å². The summed E-state index contributed by atoms with van der Waals surface area (Å²) in [7, 11) is -3.99. The standard InChI is InChI=1S/C9H5Cl2N3O4S2/c10-6-7(11)12-3-13-8(6)14-20(17,18)5-1-4(2-19-5)9(15)16/h1-3H,(H,15,16)(H,12,13,14). The molecule has 0 saturated carbocycles. The molecule has 0 atom stereocenters. The number of aromatic carboxylic acids is 1. The van der Waals surface area contributed by atoms with Crippen molar-refractivity contribution < 1.29 is 18.3 Å². The van der Waals surface area contributed by atoms with Crippen molar-refractivity contribution in [2.24, 2.45) is 0 Å². The lowest BCUT2D eigenvalue weighted by Gasteiger charge is -2.06. The zero-order valence-corrected chi connectivity index (χ0v) is 12.5. The Morgan fingerprint density at radius 1 is 1.35 bits per heavy atom. The van der Waals surface area contributed by atoms with E-state index in [1.165, 1.54) is 5.38 Å². The van der Waals surface area contributed by atoms with Crippen LogP contribution >= 0.6 is 34.5 Å². The van der Waals surface area contributed by atoms with Crippen LogP contribution in [-0.4, -0.2) is 29.5 Å². The van der Waals surface area contributed by atoms with Gasteiger partial charge in [0.2, 0.25) is 0 Å². The first kappa shape index (κ1) is 15.0. The van der Waals surface area contributed by atoms with Crippen molar-refractivity contribution in [2.75, 3.05) is 4.72 Å². The molecule has 0 bridgehead atoms. The third-order valence-corrected chi connectivity index (χ3v) is 5.59. The predicted octanol–water partition coefficient (Wildman–Crippen LogP) is 2.34. The average molecular weight is 354 g/mol. The molecule has 7 nitrogen and oxygen atoms in total. The number of anilines is 1. The van der Waals surface area contributed by atoms with E-state index in [1.54, 1.807) is 0 Å². The summed E-state index contributed by atoms with van der Waals surface area (Å²) in [5.74, 6) is -1.40. The number of carbonyl (C=O) groups is 1. The minimum atomic E-state index is -3.99. The Labute approximate surface area is 127 Å². The van der Waals surface area contributed by atoms with Gasteiger partial charge in [0, 0.05) is 5.38 Å². The number of sulfonamides is 1. The quantitative estimate of drug-likeness (QED) is 0.816. The van der Waals surface area contributed by atoms with Crippen LogP contribution in [0.1, 0.15) is 10.4 Å². The summed E-state index contributed by atoms with van der Waals surface area (Å²) in [6.07, 6.45) is 1.04. The van der Waals surface area contributed by atoms with Crippen molar-refractivity contribution in [3.05, 3.63) is 33.5 Å². The van der Waals surface area contributed by atoms with Gasteiger partial charge >= 0.3 is 5.97 Å². The highest BCUT2D eigenvalue weighted by Gasteiger charge is 2.21. The average Bonchev–Trinajstić information content (AvgIpc) is 2.85. The maximum atomic E-state index is 12.0. The highest BCUT2D eigenvalue weighted by Crippen LogP contribution is 2.29. The second-order valence-corrected chi connectivity index (χ2v) is 6.95. The molecule has 0 saturated heterocycles. The van der Waals surface area contributed by atoms with Gasteiger partial charge in [0.05, 0.1) is 5.56 Å². The van der Waals surface area contributed by atoms with Gasteiger partial charge in [-0.05, 0) is 6.07 Å². The normalized spacial score (nSPS) is 11.3. The summed E-state index contributed by atoms with van der Waals surface area (Å²) in [6, 6.07) is 1.03. The number of carboxylic acids is 1. The fraction of sp³-hybridized carbons (Fsp3) is 0. The summed E-state index contributed by atoms with van der Waals surface area (Å²) in [5.41, 5.74) is -0.123. The Morgan fingerprint density at radius 2 is 2.05 bits per heavy atom. The Kier molecular flexibility index (Phi) is 4.14. The smallest absolute Gasteiger partial charge is 0.336 e.